The first-order chi connectivity index (χ1) is 16.4. The van der Waals surface area contributed by atoms with Crippen molar-refractivity contribution in [2.24, 2.45) is 5.41 Å². The van der Waals surface area contributed by atoms with Gasteiger partial charge in [-0.2, -0.15) is 0 Å². The predicted octanol–water partition coefficient (Wildman–Crippen LogP) is 6.77. The van der Waals surface area contributed by atoms with Crippen LogP contribution in [0.3, 0.4) is 0 Å². The lowest BCUT2D eigenvalue weighted by atomic mass is 9.91. The molecule has 1 heterocycles. The number of phenolic OH excluding ortho intramolecular Hbond substituents is 1. The summed E-state index contributed by atoms with van der Waals surface area (Å²) in [5.74, 6) is 0.348. The maximum Gasteiger partial charge on any atom is 0.360 e. The van der Waals surface area contributed by atoms with Crippen molar-refractivity contribution in [3.63, 3.8) is 0 Å². The minimum atomic E-state index is -0.637. The first-order valence-corrected chi connectivity index (χ1v) is 11.9. The Hall–Kier alpha value is -3.54. The molecule has 0 unspecified atom stereocenters. The highest BCUT2D eigenvalue weighted by molar-refractivity contribution is 6.05. The van der Waals surface area contributed by atoms with E-state index in [0.29, 0.717) is 40.9 Å². The second-order valence-electron chi connectivity index (χ2n) is 10.4. The number of phenols is 1. The van der Waals surface area contributed by atoms with E-state index in [1.165, 1.54) is 12.1 Å². The quantitative estimate of drug-likeness (QED) is 0.212. The number of amides is 1. The van der Waals surface area contributed by atoms with Gasteiger partial charge in [0.25, 0.3) is 5.91 Å². The third kappa shape index (κ3) is 6.98. The molecule has 0 atom stereocenters. The van der Waals surface area contributed by atoms with Crippen LogP contribution in [0.1, 0.15) is 68.9 Å². The molecular weight excluding hydrogens is 442 g/mol. The first-order valence-electron chi connectivity index (χ1n) is 11.9. The van der Waals surface area contributed by atoms with E-state index < -0.39 is 11.5 Å². The molecule has 3 rings (SSSR count). The number of anilines is 1. The molecule has 0 saturated carbocycles. The number of hydrogen-bond acceptors (Lipinski definition) is 5. The SMILES string of the molecule is CC(C)=CCc1cc(C(=O)Nc2cc3ccc(OCCCC(C)(C)C)c(C)c3oc2=O)ccc1O. The Labute approximate surface area is 206 Å². The van der Waals surface area contributed by atoms with Crippen LogP contribution < -0.4 is 15.7 Å². The third-order valence-electron chi connectivity index (χ3n) is 5.75. The number of aromatic hydroxyl groups is 1. The Morgan fingerprint density at radius 1 is 1.14 bits per heavy atom. The van der Waals surface area contributed by atoms with E-state index in [-0.39, 0.29) is 16.9 Å². The fourth-order valence-electron chi connectivity index (χ4n) is 3.73. The second-order valence-corrected chi connectivity index (χ2v) is 10.4. The molecule has 3 aromatic rings. The van der Waals surface area contributed by atoms with Crippen molar-refractivity contribution in [3.05, 3.63) is 75.2 Å². The molecular formula is C29H35NO5. The van der Waals surface area contributed by atoms with Crippen LogP contribution in [0.4, 0.5) is 5.69 Å². The van der Waals surface area contributed by atoms with Gasteiger partial charge < -0.3 is 19.6 Å². The number of carbonyl (C=O) groups excluding carboxylic acids is 1. The molecule has 0 aliphatic carbocycles. The fraction of sp³-hybridized carbons (Fsp3) is 0.379. The van der Waals surface area contributed by atoms with Gasteiger partial charge in [-0.1, -0.05) is 32.4 Å². The van der Waals surface area contributed by atoms with Gasteiger partial charge in [-0.15, -0.1) is 0 Å². The van der Waals surface area contributed by atoms with Crippen molar-refractivity contribution in [1.29, 1.82) is 0 Å². The Balaban J connectivity index is 1.79. The lowest BCUT2D eigenvalue weighted by Gasteiger charge is -2.18. The van der Waals surface area contributed by atoms with E-state index in [0.717, 1.165) is 24.0 Å². The normalized spacial score (nSPS) is 11.4. The number of benzene rings is 2. The summed E-state index contributed by atoms with van der Waals surface area (Å²) in [6.45, 7) is 13.0. The zero-order valence-electron chi connectivity index (χ0n) is 21.5. The predicted molar refractivity (Wildman–Crippen MR) is 141 cm³/mol. The summed E-state index contributed by atoms with van der Waals surface area (Å²) in [5.41, 5.74) is 2.95. The molecule has 6 heteroatoms. The van der Waals surface area contributed by atoms with Crippen LogP contribution in [0.5, 0.6) is 11.5 Å². The highest BCUT2D eigenvalue weighted by Crippen LogP contribution is 2.29. The molecule has 186 valence electrons. The Kier molecular flexibility index (Phi) is 8.05. The molecule has 6 nitrogen and oxygen atoms in total. The summed E-state index contributed by atoms with van der Waals surface area (Å²) in [7, 11) is 0. The van der Waals surface area contributed by atoms with Gasteiger partial charge in [0.15, 0.2) is 0 Å². The molecule has 2 N–H and O–H groups in total. The molecule has 2 aromatic carbocycles. The number of hydrogen-bond donors (Lipinski definition) is 2. The smallest absolute Gasteiger partial charge is 0.360 e. The maximum absolute atomic E-state index is 12.8. The van der Waals surface area contributed by atoms with Crippen LogP contribution in [0.2, 0.25) is 0 Å². The number of allylic oxidation sites excluding steroid dienone is 2. The molecule has 35 heavy (non-hydrogen) atoms. The van der Waals surface area contributed by atoms with Gasteiger partial charge in [0.2, 0.25) is 0 Å². The number of ether oxygens (including phenoxy) is 1. The second kappa shape index (κ2) is 10.8. The summed E-state index contributed by atoms with van der Waals surface area (Å²) < 4.78 is 11.5. The first kappa shape index (κ1) is 26.1. The van der Waals surface area contributed by atoms with E-state index in [2.05, 4.69) is 26.1 Å². The lowest BCUT2D eigenvalue weighted by molar-refractivity contribution is 0.102. The molecule has 0 aliphatic rings. The Morgan fingerprint density at radius 3 is 2.57 bits per heavy atom. The van der Waals surface area contributed by atoms with Gasteiger partial charge in [0, 0.05) is 16.5 Å². The number of nitrogens with one attached hydrogen (secondary N) is 1. The highest BCUT2D eigenvalue weighted by Gasteiger charge is 2.15. The van der Waals surface area contributed by atoms with Crippen LogP contribution in [0, 0.1) is 12.3 Å². The topological polar surface area (TPSA) is 88.8 Å². The molecule has 0 aliphatic heterocycles. The lowest BCUT2D eigenvalue weighted by Crippen LogP contribution is -2.18. The number of fused-ring (bicyclic) bond motifs is 1. The van der Waals surface area contributed by atoms with Crippen molar-refractivity contribution in [3.8, 4) is 11.5 Å². The standard InChI is InChI=1S/C29H35NO5/c1-18(2)8-9-20-16-22(10-12-24(20)31)27(32)30-23-17-21-11-13-25(19(3)26(21)35-28(23)33)34-15-7-14-29(4,5)6/h8,10-13,16-17,31H,7,9,14-15H2,1-6H3,(H,30,32). The molecule has 0 bridgehead atoms. The number of carbonyl (C=O) groups is 1. The Bertz CT molecular complexity index is 1310. The fourth-order valence-corrected chi connectivity index (χ4v) is 3.73. The zero-order valence-corrected chi connectivity index (χ0v) is 21.5. The van der Waals surface area contributed by atoms with Gasteiger partial charge in [0.05, 0.1) is 6.61 Å². The number of aryl methyl sites for hydroxylation is 1. The monoisotopic (exact) mass is 477 g/mol. The van der Waals surface area contributed by atoms with Crippen molar-refractivity contribution in [2.45, 2.75) is 60.8 Å². The van der Waals surface area contributed by atoms with Crippen LogP contribution in [-0.2, 0) is 6.42 Å². The van der Waals surface area contributed by atoms with Gasteiger partial charge in [-0.25, -0.2) is 4.79 Å². The van der Waals surface area contributed by atoms with Crippen molar-refractivity contribution in [2.75, 3.05) is 11.9 Å². The van der Waals surface area contributed by atoms with Crippen LogP contribution in [-0.4, -0.2) is 17.6 Å². The largest absolute Gasteiger partial charge is 0.508 e. The minimum absolute atomic E-state index is 0.0552. The van der Waals surface area contributed by atoms with E-state index >= 15 is 0 Å². The number of rotatable bonds is 8. The summed E-state index contributed by atoms with van der Waals surface area (Å²) >= 11 is 0. The molecule has 1 amide bonds. The van der Waals surface area contributed by atoms with Crippen LogP contribution in [0.15, 0.2) is 57.3 Å². The summed E-state index contributed by atoms with van der Waals surface area (Å²) in [4.78, 5) is 25.5. The minimum Gasteiger partial charge on any atom is -0.508 e. The summed E-state index contributed by atoms with van der Waals surface area (Å²) in [5, 5.41) is 13.4. The van der Waals surface area contributed by atoms with Crippen LogP contribution >= 0.6 is 0 Å². The van der Waals surface area contributed by atoms with Gasteiger partial charge in [-0.05, 0) is 87.4 Å². The zero-order chi connectivity index (χ0) is 25.8. The Morgan fingerprint density at radius 2 is 1.89 bits per heavy atom. The van der Waals surface area contributed by atoms with E-state index in [1.54, 1.807) is 12.1 Å². The van der Waals surface area contributed by atoms with Crippen molar-refractivity contribution >= 4 is 22.6 Å². The molecule has 0 spiro atoms. The van der Waals surface area contributed by atoms with Gasteiger partial charge in [-0.3, -0.25) is 4.79 Å². The van der Waals surface area contributed by atoms with Gasteiger partial charge in [0.1, 0.15) is 22.8 Å². The maximum atomic E-state index is 12.8. The summed E-state index contributed by atoms with van der Waals surface area (Å²) in [6, 6.07) is 9.92. The average molecular weight is 478 g/mol. The van der Waals surface area contributed by atoms with Crippen molar-refractivity contribution in [1.82, 2.24) is 0 Å². The molecule has 0 fully saturated rings. The summed E-state index contributed by atoms with van der Waals surface area (Å²) in [6.07, 6.45) is 4.46. The van der Waals surface area contributed by atoms with E-state index in [4.69, 9.17) is 9.15 Å². The molecule has 0 radical (unpaired) electrons. The average Bonchev–Trinajstić information content (AvgIpc) is 2.77. The molecule has 0 saturated heterocycles. The van der Waals surface area contributed by atoms with Gasteiger partial charge >= 0.3 is 5.63 Å². The van der Waals surface area contributed by atoms with E-state index in [9.17, 15) is 14.7 Å². The third-order valence-corrected chi connectivity index (χ3v) is 5.75. The van der Waals surface area contributed by atoms with Crippen LogP contribution in [0.25, 0.3) is 11.0 Å². The van der Waals surface area contributed by atoms with Crippen molar-refractivity contribution < 1.29 is 19.1 Å². The molecule has 1 aromatic heterocycles. The highest BCUT2D eigenvalue weighted by atomic mass is 16.5. The van der Waals surface area contributed by atoms with E-state index in [1.807, 2.05) is 39.0 Å².